The summed E-state index contributed by atoms with van der Waals surface area (Å²) in [5.41, 5.74) is -0.391. The summed E-state index contributed by atoms with van der Waals surface area (Å²) in [4.78, 5) is 25.9. The first-order valence-corrected chi connectivity index (χ1v) is 18.8. The fourth-order valence-electron chi connectivity index (χ4n) is 12.5. The van der Waals surface area contributed by atoms with Gasteiger partial charge in [-0.15, -0.1) is 0 Å². The van der Waals surface area contributed by atoms with Crippen LogP contribution in [0.3, 0.4) is 0 Å². The average Bonchev–Trinajstić information content (AvgIpc) is 3.57. The number of carbonyl (C=O) groups excluding carboxylic acids is 2. The molecule has 6 aliphatic carbocycles. The van der Waals surface area contributed by atoms with Crippen LogP contribution in [-0.2, 0) is 19.1 Å². The maximum Gasteiger partial charge on any atom is 0.311 e. The minimum absolute atomic E-state index is 0.0388. The molecule has 0 heterocycles. The predicted molar refractivity (Wildman–Crippen MR) is 175 cm³/mol. The second-order valence-corrected chi connectivity index (χ2v) is 18.6. The molecule has 0 aromatic heterocycles. The Balaban J connectivity index is 1.09. The zero-order valence-electron chi connectivity index (χ0n) is 29.6. The van der Waals surface area contributed by atoms with Gasteiger partial charge >= 0.3 is 11.9 Å². The van der Waals surface area contributed by atoms with Crippen LogP contribution in [-0.4, -0.2) is 46.6 Å². The molecule has 45 heavy (non-hydrogen) atoms. The summed E-state index contributed by atoms with van der Waals surface area (Å²) >= 11 is 0. The second-order valence-electron chi connectivity index (χ2n) is 18.6. The molecule has 6 aliphatic rings. The fraction of sp³-hybridized carbons (Fsp3) is 0.949. The molecule has 14 atom stereocenters. The Bertz CT molecular complexity index is 1130. The van der Waals surface area contributed by atoms with Crippen molar-refractivity contribution in [3.05, 3.63) is 0 Å². The largest absolute Gasteiger partial charge is 0.462 e. The first-order valence-electron chi connectivity index (χ1n) is 18.8. The molecule has 0 aromatic rings. The summed E-state index contributed by atoms with van der Waals surface area (Å²) in [6.45, 7) is 17.6. The quantitative estimate of drug-likeness (QED) is 0.268. The van der Waals surface area contributed by atoms with Crippen LogP contribution in [0.25, 0.3) is 0 Å². The highest BCUT2D eigenvalue weighted by Gasteiger charge is 2.66. The normalized spacial score (nSPS) is 47.4. The van der Waals surface area contributed by atoms with E-state index in [4.69, 9.17) is 9.47 Å². The standard InChI is InChI=1S/C39H64O6/c1-9-36(3,4)35(43)44-25-16-17-38(7)24(18-25)19-30(40)34-28-14-13-26(39(28,8)32(41)21-29(34)38)22(2)10-15-33(42)45-31-20-23-11-12-27(31)37(23,5)6/h22-32,34,40-41H,9-21H2,1-8H3/t22?,23?,24?,25-,26?,27?,28?,29?,30?,31?,32-,34?,38-,39+/m0/s1. The lowest BCUT2D eigenvalue weighted by molar-refractivity contribution is -0.210. The van der Waals surface area contributed by atoms with Crippen LogP contribution in [0.2, 0.25) is 0 Å². The molecule has 6 rings (SSSR count). The van der Waals surface area contributed by atoms with E-state index in [9.17, 15) is 19.8 Å². The molecule has 0 aromatic carbocycles. The van der Waals surface area contributed by atoms with Gasteiger partial charge in [0, 0.05) is 12.3 Å². The van der Waals surface area contributed by atoms with Gasteiger partial charge in [-0.1, -0.05) is 41.5 Å². The van der Waals surface area contributed by atoms with E-state index in [0.717, 1.165) is 64.2 Å². The fourth-order valence-corrected chi connectivity index (χ4v) is 12.5. The van der Waals surface area contributed by atoms with Crippen molar-refractivity contribution in [1.82, 2.24) is 0 Å². The SMILES string of the molecule is CCC(C)(C)C(=O)O[C@H]1CC[C@@]2(C)C(CC(O)C3C2C[C@H](O)[C@]2(C)C(C(C)CCC(=O)OC4CC5CCC4C5(C)C)CCC32)C1. The maximum absolute atomic E-state index is 13.0. The Morgan fingerprint density at radius 2 is 1.58 bits per heavy atom. The number of hydrogen-bond donors (Lipinski definition) is 2. The summed E-state index contributed by atoms with van der Waals surface area (Å²) in [6.07, 6.45) is 11.0. The highest BCUT2D eigenvalue weighted by Crippen LogP contribution is 2.68. The van der Waals surface area contributed by atoms with Crippen molar-refractivity contribution >= 4 is 11.9 Å². The van der Waals surface area contributed by atoms with Crippen LogP contribution >= 0.6 is 0 Å². The topological polar surface area (TPSA) is 93.1 Å². The molecule has 6 fully saturated rings. The Labute approximate surface area is 273 Å². The van der Waals surface area contributed by atoms with E-state index in [1.807, 2.05) is 20.8 Å². The van der Waals surface area contributed by atoms with Gasteiger partial charge in [-0.05, 0) is 149 Å². The van der Waals surface area contributed by atoms with Gasteiger partial charge in [0.2, 0.25) is 0 Å². The molecule has 2 bridgehead atoms. The van der Waals surface area contributed by atoms with Gasteiger partial charge in [-0.2, -0.15) is 0 Å². The number of esters is 2. The van der Waals surface area contributed by atoms with Crippen molar-refractivity contribution in [2.45, 2.75) is 163 Å². The number of aliphatic hydroxyl groups excluding tert-OH is 2. The van der Waals surface area contributed by atoms with Gasteiger partial charge in [0.1, 0.15) is 12.2 Å². The number of ether oxygens (including phenoxy) is 2. The summed E-state index contributed by atoms with van der Waals surface area (Å²) < 4.78 is 12.1. The molecule has 6 nitrogen and oxygen atoms in total. The summed E-state index contributed by atoms with van der Waals surface area (Å²) in [5.74, 6) is 2.75. The van der Waals surface area contributed by atoms with Crippen LogP contribution in [0.5, 0.6) is 0 Å². The van der Waals surface area contributed by atoms with Crippen LogP contribution < -0.4 is 0 Å². The third-order valence-electron chi connectivity index (χ3n) is 16.1. The van der Waals surface area contributed by atoms with E-state index in [-0.39, 0.29) is 58.8 Å². The van der Waals surface area contributed by atoms with Gasteiger partial charge in [0.25, 0.3) is 0 Å². The molecule has 256 valence electrons. The molecule has 0 amide bonds. The van der Waals surface area contributed by atoms with E-state index >= 15 is 0 Å². The van der Waals surface area contributed by atoms with Crippen LogP contribution in [0.15, 0.2) is 0 Å². The molecule has 0 saturated heterocycles. The minimum Gasteiger partial charge on any atom is -0.462 e. The number of hydrogen-bond acceptors (Lipinski definition) is 6. The third-order valence-corrected chi connectivity index (χ3v) is 16.1. The van der Waals surface area contributed by atoms with E-state index < -0.39 is 11.5 Å². The van der Waals surface area contributed by atoms with Gasteiger partial charge in [-0.25, -0.2) is 0 Å². The molecule has 6 saturated carbocycles. The Hall–Kier alpha value is -1.14. The van der Waals surface area contributed by atoms with Crippen LogP contribution in [0.4, 0.5) is 0 Å². The first-order chi connectivity index (χ1) is 21.0. The number of aliphatic hydroxyl groups is 2. The second kappa shape index (κ2) is 11.8. The highest BCUT2D eigenvalue weighted by atomic mass is 16.5. The molecule has 0 spiro atoms. The lowest BCUT2D eigenvalue weighted by Gasteiger charge is -2.63. The molecule has 0 aliphatic heterocycles. The van der Waals surface area contributed by atoms with Crippen LogP contribution in [0, 0.1) is 69.0 Å². The first kappa shape index (κ1) is 33.7. The van der Waals surface area contributed by atoms with Gasteiger partial charge < -0.3 is 19.7 Å². The summed E-state index contributed by atoms with van der Waals surface area (Å²) in [7, 11) is 0. The van der Waals surface area contributed by atoms with E-state index in [2.05, 4.69) is 34.6 Å². The average molecular weight is 629 g/mol. The Morgan fingerprint density at radius 3 is 2.22 bits per heavy atom. The van der Waals surface area contributed by atoms with E-state index in [0.29, 0.717) is 41.4 Å². The number of fused-ring (bicyclic) bond motifs is 7. The monoisotopic (exact) mass is 628 g/mol. The van der Waals surface area contributed by atoms with Crippen molar-refractivity contribution in [3.63, 3.8) is 0 Å². The van der Waals surface area contributed by atoms with E-state index in [1.54, 1.807) is 0 Å². The molecule has 2 N–H and O–H groups in total. The van der Waals surface area contributed by atoms with Crippen LogP contribution in [0.1, 0.15) is 139 Å². The molecule has 6 heteroatoms. The predicted octanol–water partition coefficient (Wildman–Crippen LogP) is 7.72. The summed E-state index contributed by atoms with van der Waals surface area (Å²) in [5, 5.41) is 23.8. The minimum atomic E-state index is -0.473. The Kier molecular flexibility index (Phi) is 8.83. The highest BCUT2D eigenvalue weighted by molar-refractivity contribution is 5.76. The smallest absolute Gasteiger partial charge is 0.311 e. The van der Waals surface area contributed by atoms with Crippen molar-refractivity contribution in [1.29, 1.82) is 0 Å². The van der Waals surface area contributed by atoms with Crippen molar-refractivity contribution < 1.29 is 29.3 Å². The molecule has 0 radical (unpaired) electrons. The Morgan fingerprint density at radius 1 is 0.867 bits per heavy atom. The number of rotatable bonds is 8. The third kappa shape index (κ3) is 5.42. The van der Waals surface area contributed by atoms with Crippen molar-refractivity contribution in [3.8, 4) is 0 Å². The zero-order chi connectivity index (χ0) is 32.7. The lowest BCUT2D eigenvalue weighted by atomic mass is 9.43. The lowest BCUT2D eigenvalue weighted by Crippen LogP contribution is -2.62. The zero-order valence-corrected chi connectivity index (χ0v) is 29.6. The number of carbonyl (C=O) groups is 2. The van der Waals surface area contributed by atoms with Gasteiger partial charge in [-0.3, -0.25) is 9.59 Å². The maximum atomic E-state index is 13.0. The van der Waals surface area contributed by atoms with E-state index in [1.165, 1.54) is 12.8 Å². The molecular weight excluding hydrogens is 564 g/mol. The molecular formula is C39H64O6. The molecule has 10 unspecified atom stereocenters. The summed E-state index contributed by atoms with van der Waals surface area (Å²) in [6, 6.07) is 0. The van der Waals surface area contributed by atoms with Gasteiger partial charge in [0.05, 0.1) is 17.6 Å². The van der Waals surface area contributed by atoms with Gasteiger partial charge in [0.15, 0.2) is 0 Å². The van der Waals surface area contributed by atoms with Crippen molar-refractivity contribution in [2.24, 2.45) is 69.0 Å². The van der Waals surface area contributed by atoms with Crippen molar-refractivity contribution in [2.75, 3.05) is 0 Å².